The zero-order valence-electron chi connectivity index (χ0n) is 7.45. The first-order valence-electron chi connectivity index (χ1n) is 3.84. The third-order valence-corrected chi connectivity index (χ3v) is 2.17. The molecule has 0 N–H and O–H groups in total. The zero-order chi connectivity index (χ0) is 10.7. The summed E-state index contributed by atoms with van der Waals surface area (Å²) >= 11 is 5.57. The maximum atomic E-state index is 10.6. The molecular weight excluding hydrogens is 204 g/mol. The van der Waals surface area contributed by atoms with Crippen molar-refractivity contribution in [2.75, 3.05) is 0 Å². The fourth-order valence-electron chi connectivity index (χ4n) is 1.15. The van der Waals surface area contributed by atoms with E-state index < -0.39 is 4.92 Å². The third-order valence-electron chi connectivity index (χ3n) is 1.88. The minimum Gasteiger partial charge on any atom is -0.258 e. The average molecular weight is 211 g/mol. The van der Waals surface area contributed by atoms with Crippen LogP contribution in [0.25, 0.3) is 0 Å². The van der Waals surface area contributed by atoms with Crippen molar-refractivity contribution < 1.29 is 4.92 Å². The van der Waals surface area contributed by atoms with Crippen LogP contribution in [0.2, 0.25) is 0 Å². The minimum atomic E-state index is -0.480. The van der Waals surface area contributed by atoms with Crippen molar-refractivity contribution in [1.82, 2.24) is 0 Å². The average Bonchev–Trinajstić information content (AvgIpc) is 2.16. The fourth-order valence-corrected chi connectivity index (χ4v) is 1.37. The summed E-state index contributed by atoms with van der Waals surface area (Å²) in [5, 5.41) is 19.3. The summed E-state index contributed by atoms with van der Waals surface area (Å²) in [5.74, 6) is 0.101. The molecule has 0 atom stereocenters. The van der Waals surface area contributed by atoms with E-state index in [4.69, 9.17) is 16.9 Å². The van der Waals surface area contributed by atoms with Crippen LogP contribution in [0.4, 0.5) is 5.69 Å². The standard InChI is InChI=1S/C9H7ClN2O2/c1-6-2-8(5-11)7(4-10)3-9(6)12(13)14/h2-3H,4H2,1H3. The number of hydrogen-bond donors (Lipinski definition) is 0. The van der Waals surface area contributed by atoms with Crippen LogP contribution in [0.1, 0.15) is 16.7 Å². The quantitative estimate of drug-likeness (QED) is 0.428. The van der Waals surface area contributed by atoms with Gasteiger partial charge in [-0.15, -0.1) is 11.6 Å². The first-order valence-corrected chi connectivity index (χ1v) is 4.37. The van der Waals surface area contributed by atoms with Crippen LogP contribution < -0.4 is 0 Å². The van der Waals surface area contributed by atoms with Gasteiger partial charge in [0.2, 0.25) is 0 Å². The highest BCUT2D eigenvalue weighted by atomic mass is 35.5. The summed E-state index contributed by atoms with van der Waals surface area (Å²) in [6.45, 7) is 1.59. The van der Waals surface area contributed by atoms with Crippen molar-refractivity contribution in [1.29, 1.82) is 5.26 Å². The van der Waals surface area contributed by atoms with Crippen LogP contribution >= 0.6 is 11.6 Å². The van der Waals surface area contributed by atoms with Crippen LogP contribution in [0.3, 0.4) is 0 Å². The van der Waals surface area contributed by atoms with Gasteiger partial charge >= 0.3 is 0 Å². The summed E-state index contributed by atoms with van der Waals surface area (Å²) in [5.41, 5.74) is 1.36. The van der Waals surface area contributed by atoms with Crippen LogP contribution in [-0.2, 0) is 5.88 Å². The number of benzene rings is 1. The molecule has 0 spiro atoms. The monoisotopic (exact) mass is 210 g/mol. The molecule has 1 aromatic carbocycles. The maximum Gasteiger partial charge on any atom is 0.272 e. The van der Waals surface area contributed by atoms with Gasteiger partial charge < -0.3 is 0 Å². The summed E-state index contributed by atoms with van der Waals surface area (Å²) in [7, 11) is 0. The molecule has 0 amide bonds. The van der Waals surface area contributed by atoms with Gasteiger partial charge in [0, 0.05) is 17.5 Å². The second-order valence-electron chi connectivity index (χ2n) is 2.80. The van der Waals surface area contributed by atoms with Crippen LogP contribution in [0.15, 0.2) is 12.1 Å². The molecule has 0 saturated heterocycles. The van der Waals surface area contributed by atoms with Gasteiger partial charge in [0.1, 0.15) is 0 Å². The van der Waals surface area contributed by atoms with Crippen LogP contribution in [-0.4, -0.2) is 4.92 Å². The predicted molar refractivity (Wildman–Crippen MR) is 52.1 cm³/mol. The molecule has 0 aliphatic heterocycles. The highest BCUT2D eigenvalue weighted by molar-refractivity contribution is 6.17. The molecule has 5 heteroatoms. The van der Waals surface area contributed by atoms with Gasteiger partial charge in [0.25, 0.3) is 5.69 Å². The van der Waals surface area contributed by atoms with Crippen molar-refractivity contribution in [3.63, 3.8) is 0 Å². The second-order valence-corrected chi connectivity index (χ2v) is 3.07. The lowest BCUT2D eigenvalue weighted by Crippen LogP contribution is -1.96. The van der Waals surface area contributed by atoms with E-state index in [1.54, 1.807) is 6.92 Å². The van der Waals surface area contributed by atoms with Crippen molar-refractivity contribution in [3.05, 3.63) is 38.9 Å². The second kappa shape index (κ2) is 4.07. The Morgan fingerprint density at radius 3 is 2.71 bits per heavy atom. The highest BCUT2D eigenvalue weighted by Crippen LogP contribution is 2.23. The molecule has 0 saturated carbocycles. The number of hydrogen-bond acceptors (Lipinski definition) is 3. The normalized spacial score (nSPS) is 9.50. The molecule has 1 aromatic rings. The number of aryl methyl sites for hydroxylation is 1. The van der Waals surface area contributed by atoms with E-state index in [9.17, 15) is 10.1 Å². The summed E-state index contributed by atoms with van der Waals surface area (Å²) in [6, 6.07) is 4.78. The first-order chi connectivity index (χ1) is 6.60. The smallest absolute Gasteiger partial charge is 0.258 e. The van der Waals surface area contributed by atoms with Gasteiger partial charge in [-0.3, -0.25) is 10.1 Å². The molecule has 0 fully saturated rings. The summed E-state index contributed by atoms with van der Waals surface area (Å²) in [4.78, 5) is 10.1. The van der Waals surface area contributed by atoms with Gasteiger partial charge in [-0.1, -0.05) is 0 Å². The van der Waals surface area contributed by atoms with E-state index in [1.807, 2.05) is 6.07 Å². The van der Waals surface area contributed by atoms with Gasteiger partial charge in [-0.25, -0.2) is 0 Å². The molecule has 14 heavy (non-hydrogen) atoms. The van der Waals surface area contributed by atoms with Gasteiger partial charge in [0.05, 0.1) is 16.6 Å². The van der Waals surface area contributed by atoms with E-state index in [1.165, 1.54) is 12.1 Å². The molecule has 0 aromatic heterocycles. The lowest BCUT2D eigenvalue weighted by Gasteiger charge is -2.02. The molecular formula is C9H7ClN2O2. The molecule has 1 rings (SSSR count). The Labute approximate surface area is 85.9 Å². The fraction of sp³-hybridized carbons (Fsp3) is 0.222. The first kappa shape index (κ1) is 10.5. The van der Waals surface area contributed by atoms with Crippen LogP contribution in [0.5, 0.6) is 0 Å². The number of alkyl halides is 1. The number of rotatable bonds is 2. The molecule has 0 aliphatic carbocycles. The van der Waals surface area contributed by atoms with Crippen LogP contribution in [0, 0.1) is 28.4 Å². The lowest BCUT2D eigenvalue weighted by molar-refractivity contribution is -0.385. The Morgan fingerprint density at radius 1 is 1.64 bits per heavy atom. The molecule has 72 valence electrons. The molecule has 0 aliphatic rings. The Balaban J connectivity index is 3.39. The van der Waals surface area contributed by atoms with Gasteiger partial charge in [-0.05, 0) is 18.6 Å². The molecule has 0 bridgehead atoms. The lowest BCUT2D eigenvalue weighted by atomic mass is 10.0. The van der Waals surface area contributed by atoms with E-state index in [0.717, 1.165) is 0 Å². The minimum absolute atomic E-state index is 0.000324. The topological polar surface area (TPSA) is 66.9 Å². The third kappa shape index (κ3) is 1.83. The number of halogens is 1. The van der Waals surface area contributed by atoms with Crippen molar-refractivity contribution in [2.45, 2.75) is 12.8 Å². The van der Waals surface area contributed by atoms with Crippen molar-refractivity contribution >= 4 is 17.3 Å². The Hall–Kier alpha value is -1.60. The van der Waals surface area contributed by atoms with Crippen molar-refractivity contribution in [3.8, 4) is 6.07 Å². The Morgan fingerprint density at radius 2 is 2.29 bits per heavy atom. The highest BCUT2D eigenvalue weighted by Gasteiger charge is 2.14. The number of nitro groups is 1. The largest absolute Gasteiger partial charge is 0.272 e. The van der Waals surface area contributed by atoms with Gasteiger partial charge in [0.15, 0.2) is 0 Å². The van der Waals surface area contributed by atoms with E-state index in [-0.39, 0.29) is 11.6 Å². The molecule has 0 heterocycles. The Kier molecular flexibility index (Phi) is 3.05. The van der Waals surface area contributed by atoms with E-state index in [0.29, 0.717) is 16.7 Å². The molecule has 4 nitrogen and oxygen atoms in total. The van der Waals surface area contributed by atoms with E-state index in [2.05, 4.69) is 0 Å². The maximum absolute atomic E-state index is 10.6. The number of nitrogens with zero attached hydrogens (tertiary/aromatic N) is 2. The summed E-state index contributed by atoms with van der Waals surface area (Å²) < 4.78 is 0. The number of nitriles is 1. The molecule has 0 radical (unpaired) electrons. The van der Waals surface area contributed by atoms with Crippen molar-refractivity contribution in [2.24, 2.45) is 0 Å². The zero-order valence-corrected chi connectivity index (χ0v) is 8.21. The van der Waals surface area contributed by atoms with Gasteiger partial charge in [-0.2, -0.15) is 5.26 Å². The van der Waals surface area contributed by atoms with E-state index >= 15 is 0 Å². The SMILES string of the molecule is Cc1cc(C#N)c(CCl)cc1[N+](=O)[O-]. The molecule has 0 unspecified atom stereocenters. The number of nitro benzene ring substituents is 1. The Bertz CT molecular complexity index is 424. The summed E-state index contributed by atoms with van der Waals surface area (Å²) in [6.07, 6.45) is 0. The predicted octanol–water partition coefficient (Wildman–Crippen LogP) is 2.51.